The van der Waals surface area contributed by atoms with E-state index in [-0.39, 0.29) is 18.0 Å². The molecule has 1 aromatic heterocycles. The van der Waals surface area contributed by atoms with Gasteiger partial charge in [-0.25, -0.2) is 17.5 Å². The molecule has 6 nitrogen and oxygen atoms in total. The summed E-state index contributed by atoms with van der Waals surface area (Å²) in [6.45, 7) is 0.0849. The summed E-state index contributed by atoms with van der Waals surface area (Å²) in [5, 5.41) is 3.94. The first kappa shape index (κ1) is 14.6. The van der Waals surface area contributed by atoms with Crippen LogP contribution in [0, 0.1) is 5.82 Å². The van der Waals surface area contributed by atoms with Gasteiger partial charge in [0.05, 0.1) is 17.1 Å². The Morgan fingerprint density at radius 1 is 1.40 bits per heavy atom. The first-order valence-corrected chi connectivity index (χ1v) is 7.37. The minimum Gasteiger partial charge on any atom is -0.326 e. The summed E-state index contributed by atoms with van der Waals surface area (Å²) >= 11 is 0. The minimum atomic E-state index is -3.83. The van der Waals surface area contributed by atoms with Crippen LogP contribution in [0.5, 0.6) is 0 Å². The number of hydrogen-bond acceptors (Lipinski definition) is 4. The topological polar surface area (TPSA) is 90.0 Å². The van der Waals surface area contributed by atoms with E-state index in [9.17, 15) is 12.8 Å². The molecule has 3 N–H and O–H groups in total. The second-order valence-electron chi connectivity index (χ2n) is 4.23. The van der Waals surface area contributed by atoms with Gasteiger partial charge in [0, 0.05) is 19.8 Å². The number of halogens is 1. The van der Waals surface area contributed by atoms with Crippen LogP contribution < -0.4 is 10.5 Å². The van der Waals surface area contributed by atoms with Crippen LogP contribution in [0.3, 0.4) is 0 Å². The maximum atomic E-state index is 13.2. The molecule has 8 heteroatoms. The lowest BCUT2D eigenvalue weighted by Crippen LogP contribution is -2.26. The summed E-state index contributed by atoms with van der Waals surface area (Å²) in [7, 11) is -2.12. The number of hydrogen-bond donors (Lipinski definition) is 2. The number of nitrogens with two attached hydrogens (primary N) is 1. The third kappa shape index (κ3) is 3.03. The standard InChI is InChI=1S/C12H15FN4O2S/c1-17-11(4-5-15-17)8-16-20(18,19)12-6-10(13)3-2-9(12)7-14/h2-6,16H,7-8,14H2,1H3. The van der Waals surface area contributed by atoms with Crippen LogP contribution in [0.4, 0.5) is 4.39 Å². The van der Waals surface area contributed by atoms with Gasteiger partial charge in [0.2, 0.25) is 10.0 Å². The van der Waals surface area contributed by atoms with Crippen molar-refractivity contribution in [3.63, 3.8) is 0 Å². The summed E-state index contributed by atoms with van der Waals surface area (Å²) in [4.78, 5) is -0.137. The molecule has 0 amide bonds. The van der Waals surface area contributed by atoms with Crippen LogP contribution in [0.25, 0.3) is 0 Å². The van der Waals surface area contributed by atoms with Crippen LogP contribution in [-0.2, 0) is 30.2 Å². The average molecular weight is 298 g/mol. The molecular weight excluding hydrogens is 283 g/mol. The van der Waals surface area contributed by atoms with Crippen molar-refractivity contribution in [3.8, 4) is 0 Å². The molecule has 0 radical (unpaired) electrons. The van der Waals surface area contributed by atoms with Crippen molar-refractivity contribution >= 4 is 10.0 Å². The monoisotopic (exact) mass is 298 g/mol. The van der Waals surface area contributed by atoms with E-state index in [1.807, 2.05) is 0 Å². The highest BCUT2D eigenvalue weighted by atomic mass is 32.2. The molecule has 0 aliphatic heterocycles. The molecule has 0 fully saturated rings. The molecule has 0 spiro atoms. The average Bonchev–Trinajstić information content (AvgIpc) is 2.82. The summed E-state index contributed by atoms with van der Waals surface area (Å²) in [6.07, 6.45) is 1.57. The zero-order chi connectivity index (χ0) is 14.8. The highest BCUT2D eigenvalue weighted by Crippen LogP contribution is 2.17. The largest absolute Gasteiger partial charge is 0.326 e. The smallest absolute Gasteiger partial charge is 0.241 e. The fourth-order valence-corrected chi connectivity index (χ4v) is 3.03. The lowest BCUT2D eigenvalue weighted by atomic mass is 10.2. The molecule has 1 heterocycles. The fraction of sp³-hybridized carbons (Fsp3) is 0.250. The van der Waals surface area contributed by atoms with Crippen molar-refractivity contribution in [2.45, 2.75) is 18.0 Å². The van der Waals surface area contributed by atoms with E-state index >= 15 is 0 Å². The van der Waals surface area contributed by atoms with Gasteiger partial charge >= 0.3 is 0 Å². The van der Waals surface area contributed by atoms with Crippen molar-refractivity contribution in [1.29, 1.82) is 0 Å². The number of sulfonamides is 1. The van der Waals surface area contributed by atoms with Gasteiger partial charge in [-0.15, -0.1) is 0 Å². The number of rotatable bonds is 5. The van der Waals surface area contributed by atoms with Crippen molar-refractivity contribution < 1.29 is 12.8 Å². The lowest BCUT2D eigenvalue weighted by Gasteiger charge is -2.10. The Bertz CT molecular complexity index is 712. The predicted octanol–water partition coefficient (Wildman–Crippen LogP) is 0.496. The molecule has 20 heavy (non-hydrogen) atoms. The van der Waals surface area contributed by atoms with Crippen LogP contribution >= 0.6 is 0 Å². The Labute approximate surface area is 116 Å². The SMILES string of the molecule is Cn1nccc1CNS(=O)(=O)c1cc(F)ccc1CN. The summed E-state index contributed by atoms with van der Waals surface area (Å²) < 4.78 is 41.6. The quantitative estimate of drug-likeness (QED) is 0.841. The molecule has 0 bridgehead atoms. The van der Waals surface area contributed by atoms with Crippen molar-refractivity contribution in [3.05, 3.63) is 47.5 Å². The Kier molecular flexibility index (Phi) is 4.17. The summed E-state index contributed by atoms with van der Waals surface area (Å²) in [5.74, 6) is -0.622. The number of aromatic nitrogens is 2. The maximum Gasteiger partial charge on any atom is 0.241 e. The van der Waals surface area contributed by atoms with Crippen molar-refractivity contribution in [2.75, 3.05) is 0 Å². The number of aryl methyl sites for hydroxylation is 1. The Morgan fingerprint density at radius 2 is 2.15 bits per heavy atom. The summed E-state index contributed by atoms with van der Waals surface area (Å²) in [6, 6.07) is 5.21. The molecule has 2 aromatic rings. The minimum absolute atomic E-state index is 0.0161. The van der Waals surface area contributed by atoms with E-state index in [4.69, 9.17) is 5.73 Å². The van der Waals surface area contributed by atoms with E-state index in [1.54, 1.807) is 24.0 Å². The first-order valence-electron chi connectivity index (χ1n) is 5.89. The van der Waals surface area contributed by atoms with Crippen LogP contribution in [0.1, 0.15) is 11.3 Å². The molecule has 0 atom stereocenters. The van der Waals surface area contributed by atoms with E-state index in [2.05, 4.69) is 9.82 Å². The highest BCUT2D eigenvalue weighted by Gasteiger charge is 2.19. The first-order chi connectivity index (χ1) is 9.44. The van der Waals surface area contributed by atoms with Gasteiger partial charge in [-0.2, -0.15) is 5.10 Å². The normalized spacial score (nSPS) is 11.8. The molecule has 0 unspecified atom stereocenters. The van der Waals surface area contributed by atoms with Crippen LogP contribution in [0.15, 0.2) is 35.4 Å². The second-order valence-corrected chi connectivity index (χ2v) is 5.96. The van der Waals surface area contributed by atoms with E-state index < -0.39 is 15.8 Å². The van der Waals surface area contributed by atoms with Crippen LogP contribution in [0.2, 0.25) is 0 Å². The predicted molar refractivity (Wildman–Crippen MR) is 71.5 cm³/mol. The highest BCUT2D eigenvalue weighted by molar-refractivity contribution is 7.89. The molecule has 2 rings (SSSR count). The second kappa shape index (κ2) is 5.70. The van der Waals surface area contributed by atoms with E-state index in [0.717, 1.165) is 6.07 Å². The molecular formula is C12H15FN4O2S. The third-order valence-corrected chi connectivity index (χ3v) is 4.39. The van der Waals surface area contributed by atoms with Gasteiger partial charge in [-0.3, -0.25) is 4.68 Å². The zero-order valence-electron chi connectivity index (χ0n) is 10.9. The molecule has 0 aliphatic carbocycles. The van der Waals surface area contributed by atoms with Crippen molar-refractivity contribution in [2.24, 2.45) is 12.8 Å². The van der Waals surface area contributed by atoms with Crippen LogP contribution in [-0.4, -0.2) is 18.2 Å². The fourth-order valence-electron chi connectivity index (χ4n) is 1.77. The molecule has 0 aliphatic rings. The van der Waals surface area contributed by atoms with Gasteiger partial charge in [-0.05, 0) is 23.8 Å². The molecule has 1 aromatic carbocycles. The van der Waals surface area contributed by atoms with Gasteiger partial charge in [0.1, 0.15) is 5.82 Å². The Hall–Kier alpha value is -1.77. The Morgan fingerprint density at radius 3 is 2.75 bits per heavy atom. The number of nitrogens with zero attached hydrogens (tertiary/aromatic N) is 2. The van der Waals surface area contributed by atoms with Gasteiger partial charge < -0.3 is 5.73 Å². The molecule has 0 saturated carbocycles. The third-order valence-electron chi connectivity index (χ3n) is 2.90. The van der Waals surface area contributed by atoms with Gasteiger partial charge in [0.15, 0.2) is 0 Å². The van der Waals surface area contributed by atoms with Gasteiger partial charge in [0.25, 0.3) is 0 Å². The van der Waals surface area contributed by atoms with E-state index in [0.29, 0.717) is 11.3 Å². The molecule has 108 valence electrons. The van der Waals surface area contributed by atoms with Gasteiger partial charge in [-0.1, -0.05) is 6.07 Å². The summed E-state index contributed by atoms with van der Waals surface area (Å²) in [5.41, 5.74) is 6.54. The van der Waals surface area contributed by atoms with E-state index in [1.165, 1.54) is 12.1 Å². The molecule has 0 saturated heterocycles. The number of nitrogens with one attached hydrogen (secondary N) is 1. The van der Waals surface area contributed by atoms with Crippen molar-refractivity contribution in [1.82, 2.24) is 14.5 Å². The lowest BCUT2D eigenvalue weighted by molar-refractivity contribution is 0.572. The number of benzene rings is 1. The zero-order valence-corrected chi connectivity index (χ0v) is 11.7. The maximum absolute atomic E-state index is 13.2. The Balaban J connectivity index is 2.26.